The van der Waals surface area contributed by atoms with Crippen molar-refractivity contribution in [1.82, 2.24) is 0 Å². The standard InChI is InChI=1S/C13H10O2/c14-12(13-7-4-10-15-13)9-8-11-5-2-1-3-6-11/h1-10H/b9-8+. The summed E-state index contributed by atoms with van der Waals surface area (Å²) in [6.07, 6.45) is 4.77. The Bertz CT molecular complexity index is 453. The number of allylic oxidation sites excluding steroid dienone is 1. The smallest absolute Gasteiger partial charge is 0.221 e. The predicted molar refractivity (Wildman–Crippen MR) is 58.5 cm³/mol. The number of carbonyl (C=O) groups is 1. The lowest BCUT2D eigenvalue weighted by Crippen LogP contribution is -1.89. The Morgan fingerprint density at radius 1 is 1.07 bits per heavy atom. The van der Waals surface area contributed by atoms with Crippen LogP contribution in [0.1, 0.15) is 16.1 Å². The van der Waals surface area contributed by atoms with Crippen LogP contribution in [0.25, 0.3) is 6.08 Å². The van der Waals surface area contributed by atoms with Crippen LogP contribution in [0.4, 0.5) is 0 Å². The van der Waals surface area contributed by atoms with Crippen LogP contribution in [0.3, 0.4) is 0 Å². The van der Waals surface area contributed by atoms with Gasteiger partial charge in [0.25, 0.3) is 0 Å². The van der Waals surface area contributed by atoms with Crippen molar-refractivity contribution in [1.29, 1.82) is 0 Å². The number of furan rings is 1. The molecule has 0 aliphatic carbocycles. The number of carbonyl (C=O) groups excluding carboxylic acids is 1. The third-order valence-electron chi connectivity index (χ3n) is 1.99. The lowest BCUT2D eigenvalue weighted by atomic mass is 10.2. The van der Waals surface area contributed by atoms with E-state index in [0.29, 0.717) is 5.76 Å². The molecule has 0 amide bonds. The third-order valence-corrected chi connectivity index (χ3v) is 1.99. The van der Waals surface area contributed by atoms with Gasteiger partial charge in [-0.05, 0) is 23.8 Å². The van der Waals surface area contributed by atoms with Crippen LogP contribution in [0, 0.1) is 0 Å². The van der Waals surface area contributed by atoms with E-state index in [9.17, 15) is 4.79 Å². The summed E-state index contributed by atoms with van der Waals surface area (Å²) in [7, 11) is 0. The molecule has 0 aliphatic heterocycles. The maximum atomic E-state index is 11.5. The first-order valence-corrected chi connectivity index (χ1v) is 4.67. The number of rotatable bonds is 3. The molecular weight excluding hydrogens is 188 g/mol. The number of benzene rings is 1. The highest BCUT2D eigenvalue weighted by Gasteiger charge is 2.02. The Morgan fingerprint density at radius 3 is 2.53 bits per heavy atom. The Balaban J connectivity index is 2.10. The van der Waals surface area contributed by atoms with E-state index >= 15 is 0 Å². The Morgan fingerprint density at radius 2 is 1.87 bits per heavy atom. The minimum absolute atomic E-state index is 0.121. The summed E-state index contributed by atoms with van der Waals surface area (Å²) in [5, 5.41) is 0. The fourth-order valence-corrected chi connectivity index (χ4v) is 1.24. The highest BCUT2D eigenvalue weighted by atomic mass is 16.3. The Hall–Kier alpha value is -2.09. The van der Waals surface area contributed by atoms with Crippen LogP contribution in [0.15, 0.2) is 59.2 Å². The van der Waals surface area contributed by atoms with Crippen molar-refractivity contribution < 1.29 is 9.21 Å². The fourth-order valence-electron chi connectivity index (χ4n) is 1.24. The second kappa shape index (κ2) is 4.42. The molecule has 0 bridgehead atoms. The molecule has 2 aromatic rings. The predicted octanol–water partition coefficient (Wildman–Crippen LogP) is 3.18. The first-order valence-electron chi connectivity index (χ1n) is 4.67. The van der Waals surface area contributed by atoms with Crippen molar-refractivity contribution in [2.45, 2.75) is 0 Å². The molecule has 0 radical (unpaired) electrons. The summed E-state index contributed by atoms with van der Waals surface area (Å²) in [5.74, 6) is 0.242. The Kier molecular flexibility index (Phi) is 2.79. The molecule has 74 valence electrons. The molecule has 0 unspecified atom stereocenters. The van der Waals surface area contributed by atoms with Gasteiger partial charge < -0.3 is 4.42 Å². The zero-order valence-electron chi connectivity index (χ0n) is 8.09. The van der Waals surface area contributed by atoms with Gasteiger partial charge in [0, 0.05) is 0 Å². The maximum absolute atomic E-state index is 11.5. The minimum atomic E-state index is -0.121. The minimum Gasteiger partial charge on any atom is -0.461 e. The van der Waals surface area contributed by atoms with Gasteiger partial charge in [-0.3, -0.25) is 4.79 Å². The molecule has 0 spiro atoms. The van der Waals surface area contributed by atoms with Crippen LogP contribution in [0.2, 0.25) is 0 Å². The van der Waals surface area contributed by atoms with E-state index in [0.717, 1.165) is 5.56 Å². The van der Waals surface area contributed by atoms with Crippen LogP contribution >= 0.6 is 0 Å². The molecular formula is C13H10O2. The van der Waals surface area contributed by atoms with Crippen molar-refractivity contribution in [3.05, 3.63) is 66.1 Å². The van der Waals surface area contributed by atoms with Gasteiger partial charge in [0.05, 0.1) is 6.26 Å². The molecule has 1 heterocycles. The van der Waals surface area contributed by atoms with E-state index in [1.807, 2.05) is 30.3 Å². The van der Waals surface area contributed by atoms with Gasteiger partial charge in [-0.2, -0.15) is 0 Å². The summed E-state index contributed by atoms with van der Waals surface area (Å²) in [5.41, 5.74) is 0.998. The molecule has 1 aromatic heterocycles. The summed E-state index contributed by atoms with van der Waals surface area (Å²) >= 11 is 0. The largest absolute Gasteiger partial charge is 0.461 e. The van der Waals surface area contributed by atoms with Crippen LogP contribution in [-0.2, 0) is 0 Å². The summed E-state index contributed by atoms with van der Waals surface area (Å²) in [6, 6.07) is 13.0. The SMILES string of the molecule is O=C(/C=C/c1ccccc1)c1ccco1. The molecule has 2 heteroatoms. The van der Waals surface area contributed by atoms with Gasteiger partial charge in [0.15, 0.2) is 5.76 Å². The van der Waals surface area contributed by atoms with E-state index in [4.69, 9.17) is 4.42 Å². The maximum Gasteiger partial charge on any atom is 0.221 e. The van der Waals surface area contributed by atoms with Crippen molar-refractivity contribution >= 4 is 11.9 Å². The second-order valence-electron chi connectivity index (χ2n) is 3.09. The van der Waals surface area contributed by atoms with E-state index in [-0.39, 0.29) is 5.78 Å². The van der Waals surface area contributed by atoms with Gasteiger partial charge in [0.1, 0.15) is 0 Å². The van der Waals surface area contributed by atoms with Crippen LogP contribution < -0.4 is 0 Å². The molecule has 2 nitrogen and oxygen atoms in total. The van der Waals surface area contributed by atoms with Gasteiger partial charge in [0.2, 0.25) is 5.78 Å². The van der Waals surface area contributed by atoms with Crippen molar-refractivity contribution in [2.24, 2.45) is 0 Å². The van der Waals surface area contributed by atoms with E-state index in [1.165, 1.54) is 12.3 Å². The zero-order valence-corrected chi connectivity index (χ0v) is 8.09. The topological polar surface area (TPSA) is 30.2 Å². The van der Waals surface area contributed by atoms with Gasteiger partial charge in [-0.15, -0.1) is 0 Å². The Labute approximate surface area is 87.8 Å². The average molecular weight is 198 g/mol. The summed E-state index contributed by atoms with van der Waals surface area (Å²) in [4.78, 5) is 11.5. The zero-order chi connectivity index (χ0) is 10.5. The molecule has 0 N–H and O–H groups in total. The normalized spacial score (nSPS) is 10.7. The quantitative estimate of drug-likeness (QED) is 0.560. The first-order chi connectivity index (χ1) is 7.36. The second-order valence-corrected chi connectivity index (χ2v) is 3.09. The van der Waals surface area contributed by atoms with Crippen molar-refractivity contribution in [3.63, 3.8) is 0 Å². The van der Waals surface area contributed by atoms with Crippen LogP contribution in [-0.4, -0.2) is 5.78 Å². The van der Waals surface area contributed by atoms with Gasteiger partial charge >= 0.3 is 0 Å². The van der Waals surface area contributed by atoms with Crippen molar-refractivity contribution in [3.8, 4) is 0 Å². The molecule has 15 heavy (non-hydrogen) atoms. The molecule has 0 saturated heterocycles. The van der Waals surface area contributed by atoms with E-state index in [2.05, 4.69) is 0 Å². The first kappa shape index (κ1) is 9.46. The summed E-state index contributed by atoms with van der Waals surface area (Å²) < 4.78 is 4.98. The lowest BCUT2D eigenvalue weighted by Gasteiger charge is -1.90. The third kappa shape index (κ3) is 2.44. The van der Waals surface area contributed by atoms with Gasteiger partial charge in [-0.1, -0.05) is 36.4 Å². The van der Waals surface area contributed by atoms with E-state index < -0.39 is 0 Å². The molecule has 0 fully saturated rings. The molecule has 0 atom stereocenters. The van der Waals surface area contributed by atoms with Crippen molar-refractivity contribution in [2.75, 3.05) is 0 Å². The highest BCUT2D eigenvalue weighted by Crippen LogP contribution is 2.05. The monoisotopic (exact) mass is 198 g/mol. The number of hydrogen-bond donors (Lipinski definition) is 0. The number of ketones is 1. The fraction of sp³-hybridized carbons (Fsp3) is 0. The summed E-state index contributed by atoms with van der Waals surface area (Å²) in [6.45, 7) is 0. The van der Waals surface area contributed by atoms with Crippen LogP contribution in [0.5, 0.6) is 0 Å². The van der Waals surface area contributed by atoms with Gasteiger partial charge in [-0.25, -0.2) is 0 Å². The lowest BCUT2D eigenvalue weighted by molar-refractivity contribution is 0.102. The molecule has 0 saturated carbocycles. The highest BCUT2D eigenvalue weighted by molar-refractivity contribution is 6.04. The molecule has 0 aliphatic rings. The average Bonchev–Trinajstić information content (AvgIpc) is 2.81. The number of hydrogen-bond acceptors (Lipinski definition) is 2. The molecule has 1 aromatic carbocycles. The molecule has 2 rings (SSSR count). The van der Waals surface area contributed by atoms with E-state index in [1.54, 1.807) is 18.2 Å².